The van der Waals surface area contributed by atoms with Gasteiger partial charge in [-0.1, -0.05) is 11.6 Å². The van der Waals surface area contributed by atoms with Crippen molar-refractivity contribution in [2.24, 2.45) is 0 Å². The summed E-state index contributed by atoms with van der Waals surface area (Å²) in [6.45, 7) is 0.519. The number of methoxy groups -OCH3 is 1. The van der Waals surface area contributed by atoms with Crippen LogP contribution < -0.4 is 14.2 Å². The number of benzene rings is 1. The summed E-state index contributed by atoms with van der Waals surface area (Å²) in [5.74, 6) is -0.823. The molecule has 0 atom stereocenters. The molecule has 2 aromatic heterocycles. The molecule has 41 heavy (non-hydrogen) atoms. The van der Waals surface area contributed by atoms with Gasteiger partial charge in [-0.3, -0.25) is 9.88 Å². The molecule has 220 valence electrons. The van der Waals surface area contributed by atoms with E-state index in [-0.39, 0.29) is 47.5 Å². The number of ether oxygens (including phenoxy) is 4. The van der Waals surface area contributed by atoms with Crippen LogP contribution in [0.25, 0.3) is 22.2 Å². The topological polar surface area (TPSA) is 78.8 Å². The lowest BCUT2D eigenvalue weighted by molar-refractivity contribution is -0.153. The zero-order chi connectivity index (χ0) is 28.8. The van der Waals surface area contributed by atoms with Crippen molar-refractivity contribution in [2.45, 2.75) is 56.2 Å². The van der Waals surface area contributed by atoms with Crippen LogP contribution in [0.1, 0.15) is 50.0 Å². The molecule has 0 radical (unpaired) electrons. The van der Waals surface area contributed by atoms with E-state index in [0.29, 0.717) is 16.3 Å². The summed E-state index contributed by atoms with van der Waals surface area (Å²) in [6.07, 6.45) is 2.29. The van der Waals surface area contributed by atoms with Gasteiger partial charge in [0.15, 0.2) is 19.2 Å². The normalized spacial score (nSPS) is 18.6. The lowest BCUT2D eigenvalue weighted by atomic mass is 9.95. The van der Waals surface area contributed by atoms with Gasteiger partial charge in [0.1, 0.15) is 23.6 Å². The predicted octanol–water partition coefficient (Wildman–Crippen LogP) is 6.29. The fraction of sp³-hybridized carbons (Fsp3) is 0.536. The standard InChI is InChI=1S/C28H29ClF4N4O4/c1-38-15-41-17-10-18(21(16-4-5-16)20(29)11-17)23-22(30)24-19(12-34-23)25(39-14-28(31,32)33)36-26(35-24)40-13-27-6-2-8-37(27)9-3-7-27/h10-12,16H,2-9,13-15H2,1H3. The van der Waals surface area contributed by atoms with E-state index in [1.807, 2.05) is 0 Å². The molecule has 3 aliphatic rings. The Kier molecular flexibility index (Phi) is 7.58. The van der Waals surface area contributed by atoms with Gasteiger partial charge in [-0.2, -0.15) is 23.1 Å². The van der Waals surface area contributed by atoms with Crippen molar-refractivity contribution in [1.29, 1.82) is 0 Å². The van der Waals surface area contributed by atoms with Crippen LogP contribution in [0, 0.1) is 5.82 Å². The summed E-state index contributed by atoms with van der Waals surface area (Å²) >= 11 is 6.60. The highest BCUT2D eigenvalue weighted by Crippen LogP contribution is 2.49. The number of nitrogens with zero attached hydrogens (tertiary/aromatic N) is 4. The minimum Gasteiger partial charge on any atom is -0.467 e. The number of fused-ring (bicyclic) bond motifs is 2. The number of aromatic nitrogens is 3. The summed E-state index contributed by atoms with van der Waals surface area (Å²) in [5, 5.41) is 0.297. The number of halogens is 5. The molecule has 3 fully saturated rings. The first-order valence-electron chi connectivity index (χ1n) is 13.6. The Labute approximate surface area is 238 Å². The predicted molar refractivity (Wildman–Crippen MR) is 142 cm³/mol. The Bertz CT molecular complexity index is 1440. The van der Waals surface area contributed by atoms with Crippen LogP contribution in [0.2, 0.25) is 5.02 Å². The molecule has 8 nitrogen and oxygen atoms in total. The Hall–Kier alpha value is -2.96. The van der Waals surface area contributed by atoms with Gasteiger partial charge < -0.3 is 18.9 Å². The molecule has 13 heteroatoms. The number of alkyl halides is 3. The van der Waals surface area contributed by atoms with E-state index in [1.54, 1.807) is 12.1 Å². The molecule has 3 aromatic rings. The van der Waals surface area contributed by atoms with E-state index in [9.17, 15) is 13.2 Å². The van der Waals surface area contributed by atoms with Crippen LogP contribution in [-0.2, 0) is 4.74 Å². The molecule has 0 amide bonds. The van der Waals surface area contributed by atoms with Crippen molar-refractivity contribution in [2.75, 3.05) is 40.2 Å². The van der Waals surface area contributed by atoms with Crippen molar-refractivity contribution in [3.63, 3.8) is 0 Å². The van der Waals surface area contributed by atoms with Crippen LogP contribution in [0.3, 0.4) is 0 Å². The van der Waals surface area contributed by atoms with Crippen molar-refractivity contribution < 1.29 is 36.5 Å². The van der Waals surface area contributed by atoms with Crippen LogP contribution in [0.5, 0.6) is 17.6 Å². The molecule has 1 saturated carbocycles. The average Bonchev–Trinajstić information content (AvgIpc) is 3.56. The number of rotatable bonds is 10. The highest BCUT2D eigenvalue weighted by molar-refractivity contribution is 6.32. The minimum absolute atomic E-state index is 0.0427. The van der Waals surface area contributed by atoms with Crippen LogP contribution in [0.4, 0.5) is 17.6 Å². The first-order valence-corrected chi connectivity index (χ1v) is 13.9. The third kappa shape index (κ3) is 5.74. The second-order valence-electron chi connectivity index (χ2n) is 10.8. The lowest BCUT2D eigenvalue weighted by Crippen LogP contribution is -2.43. The first kappa shape index (κ1) is 28.2. The molecule has 2 aliphatic heterocycles. The van der Waals surface area contributed by atoms with Crippen molar-refractivity contribution >= 4 is 22.5 Å². The van der Waals surface area contributed by atoms with Gasteiger partial charge in [0.2, 0.25) is 5.88 Å². The summed E-state index contributed by atoms with van der Waals surface area (Å²) in [6, 6.07) is 3.02. The highest BCUT2D eigenvalue weighted by Gasteiger charge is 2.45. The number of hydrogen-bond donors (Lipinski definition) is 0. The zero-order valence-electron chi connectivity index (χ0n) is 22.4. The van der Waals surface area contributed by atoms with Gasteiger partial charge >= 0.3 is 12.2 Å². The van der Waals surface area contributed by atoms with Gasteiger partial charge in [0.05, 0.1) is 10.9 Å². The third-order valence-corrected chi connectivity index (χ3v) is 8.28. The van der Waals surface area contributed by atoms with Gasteiger partial charge in [-0.15, -0.1) is 0 Å². The molecule has 4 heterocycles. The molecule has 0 bridgehead atoms. The SMILES string of the molecule is COCOc1cc(Cl)c(C2CC2)c(-c2ncc3c(OCC(F)(F)F)nc(OCC45CCCN4CCC5)nc3c2F)c1. The second-order valence-corrected chi connectivity index (χ2v) is 11.2. The van der Waals surface area contributed by atoms with Crippen molar-refractivity contribution in [3.05, 3.63) is 34.7 Å². The number of hydrogen-bond acceptors (Lipinski definition) is 8. The summed E-state index contributed by atoms with van der Waals surface area (Å²) in [7, 11) is 1.47. The molecule has 6 rings (SSSR count). The maximum atomic E-state index is 16.3. The van der Waals surface area contributed by atoms with E-state index in [0.717, 1.165) is 57.2 Å². The van der Waals surface area contributed by atoms with E-state index in [2.05, 4.69) is 19.9 Å². The zero-order valence-corrected chi connectivity index (χ0v) is 23.2. The third-order valence-electron chi connectivity index (χ3n) is 7.97. The van der Waals surface area contributed by atoms with Gasteiger partial charge in [-0.05, 0) is 75.2 Å². The molecule has 0 N–H and O–H groups in total. The quantitative estimate of drug-likeness (QED) is 0.200. The molecule has 1 aliphatic carbocycles. The Morgan fingerprint density at radius 3 is 2.51 bits per heavy atom. The molecule has 2 saturated heterocycles. The van der Waals surface area contributed by atoms with Crippen molar-refractivity contribution in [3.8, 4) is 28.9 Å². The van der Waals surface area contributed by atoms with E-state index in [4.69, 9.17) is 30.5 Å². The fourth-order valence-corrected chi connectivity index (χ4v) is 6.33. The molecule has 0 spiro atoms. The smallest absolute Gasteiger partial charge is 0.422 e. The monoisotopic (exact) mass is 596 g/mol. The van der Waals surface area contributed by atoms with Crippen LogP contribution in [-0.4, -0.2) is 71.8 Å². The Morgan fingerprint density at radius 2 is 1.83 bits per heavy atom. The number of pyridine rings is 1. The van der Waals surface area contributed by atoms with Gasteiger partial charge in [0.25, 0.3) is 0 Å². The lowest BCUT2D eigenvalue weighted by Gasteiger charge is -2.31. The second kappa shape index (κ2) is 11.0. The maximum absolute atomic E-state index is 16.3. The minimum atomic E-state index is -4.63. The highest BCUT2D eigenvalue weighted by atomic mass is 35.5. The molecule has 0 unspecified atom stereocenters. The molecule has 1 aromatic carbocycles. The summed E-state index contributed by atoms with van der Waals surface area (Å²) in [4.78, 5) is 15.1. The van der Waals surface area contributed by atoms with Gasteiger partial charge in [-0.25, -0.2) is 4.39 Å². The van der Waals surface area contributed by atoms with Crippen molar-refractivity contribution in [1.82, 2.24) is 19.9 Å². The van der Waals surface area contributed by atoms with Crippen LogP contribution >= 0.6 is 11.6 Å². The molecular formula is C28H29ClF4N4O4. The summed E-state index contributed by atoms with van der Waals surface area (Å²) < 4.78 is 77.0. The van der Waals surface area contributed by atoms with E-state index in [1.165, 1.54) is 13.3 Å². The average molecular weight is 597 g/mol. The Balaban J connectivity index is 1.42. The molecular weight excluding hydrogens is 568 g/mol. The van der Waals surface area contributed by atoms with Gasteiger partial charge in [0, 0.05) is 23.9 Å². The first-order chi connectivity index (χ1) is 19.7. The van der Waals surface area contributed by atoms with E-state index < -0.39 is 24.5 Å². The van der Waals surface area contributed by atoms with Crippen LogP contribution in [0.15, 0.2) is 18.3 Å². The summed E-state index contributed by atoms with van der Waals surface area (Å²) in [5.41, 5.74) is 0.641. The Morgan fingerprint density at radius 1 is 1.07 bits per heavy atom. The fourth-order valence-electron chi connectivity index (χ4n) is 5.97. The maximum Gasteiger partial charge on any atom is 0.422 e. The largest absolute Gasteiger partial charge is 0.467 e. The van der Waals surface area contributed by atoms with E-state index >= 15 is 4.39 Å².